The van der Waals surface area contributed by atoms with Gasteiger partial charge in [-0.3, -0.25) is 0 Å². The summed E-state index contributed by atoms with van der Waals surface area (Å²) in [5, 5.41) is 0. The lowest BCUT2D eigenvalue weighted by Crippen LogP contribution is -2.38. The van der Waals surface area contributed by atoms with Crippen molar-refractivity contribution >= 4 is 0 Å². The number of hydrogen-bond donors (Lipinski definition) is 0. The van der Waals surface area contributed by atoms with E-state index in [2.05, 4.69) is 91.8 Å². The van der Waals surface area contributed by atoms with Gasteiger partial charge in [0.25, 0.3) is 0 Å². The highest BCUT2D eigenvalue weighted by Gasteiger charge is 2.44. The predicted molar refractivity (Wildman–Crippen MR) is 105 cm³/mol. The summed E-state index contributed by atoms with van der Waals surface area (Å²) in [4.78, 5) is 0. The molecule has 0 amide bonds. The first-order valence-corrected chi connectivity index (χ1v) is 9.37. The van der Waals surface area contributed by atoms with Gasteiger partial charge in [-0.2, -0.15) is 0 Å². The fourth-order valence-electron chi connectivity index (χ4n) is 4.81. The Morgan fingerprint density at radius 2 is 0.958 bits per heavy atom. The van der Waals surface area contributed by atoms with Gasteiger partial charge in [-0.25, -0.2) is 0 Å². The Labute approximate surface area is 148 Å². The fraction of sp³-hybridized carbons (Fsp3) is 0.500. The van der Waals surface area contributed by atoms with Gasteiger partial charge in [0.2, 0.25) is 0 Å². The SMILES string of the molecule is CC(C)c1cccc2c1C(C)(C)c1c(C(C)C)cccc1C2(C)C. The highest BCUT2D eigenvalue weighted by Crippen LogP contribution is 2.53. The molecule has 0 unspecified atom stereocenters. The van der Waals surface area contributed by atoms with Crippen molar-refractivity contribution in [3.63, 3.8) is 0 Å². The number of hydrogen-bond acceptors (Lipinski definition) is 0. The van der Waals surface area contributed by atoms with Crippen LogP contribution in [0.3, 0.4) is 0 Å². The second-order valence-electron chi connectivity index (χ2n) is 9.10. The Hall–Kier alpha value is -1.56. The van der Waals surface area contributed by atoms with Crippen LogP contribution in [0.5, 0.6) is 0 Å². The molecule has 128 valence electrons. The van der Waals surface area contributed by atoms with Gasteiger partial charge in [-0.05, 0) is 45.2 Å². The molecule has 0 fully saturated rings. The lowest BCUT2D eigenvalue weighted by Gasteiger charge is -2.46. The van der Waals surface area contributed by atoms with Crippen molar-refractivity contribution in [2.75, 3.05) is 0 Å². The molecule has 0 aliphatic heterocycles. The van der Waals surface area contributed by atoms with E-state index < -0.39 is 0 Å². The minimum absolute atomic E-state index is 0.0436. The summed E-state index contributed by atoms with van der Waals surface area (Å²) in [7, 11) is 0. The molecule has 0 heteroatoms. The minimum atomic E-state index is 0.0436. The molecule has 0 aromatic heterocycles. The molecule has 0 radical (unpaired) electrons. The van der Waals surface area contributed by atoms with Crippen LogP contribution in [0.25, 0.3) is 0 Å². The van der Waals surface area contributed by atoms with Gasteiger partial charge < -0.3 is 0 Å². The molecule has 0 saturated carbocycles. The first kappa shape index (κ1) is 17.3. The van der Waals surface area contributed by atoms with E-state index >= 15 is 0 Å². The normalized spacial score (nSPS) is 17.8. The topological polar surface area (TPSA) is 0 Å². The van der Waals surface area contributed by atoms with Crippen molar-refractivity contribution in [1.29, 1.82) is 0 Å². The van der Waals surface area contributed by atoms with E-state index in [-0.39, 0.29) is 10.8 Å². The molecule has 2 aromatic carbocycles. The molecule has 0 N–H and O–H groups in total. The average molecular weight is 321 g/mol. The van der Waals surface area contributed by atoms with Crippen LogP contribution >= 0.6 is 0 Å². The maximum Gasteiger partial charge on any atom is 0.0158 e. The lowest BCUT2D eigenvalue weighted by atomic mass is 9.57. The Morgan fingerprint density at radius 1 is 0.583 bits per heavy atom. The van der Waals surface area contributed by atoms with Gasteiger partial charge in [-0.15, -0.1) is 0 Å². The average Bonchev–Trinajstić information content (AvgIpc) is 2.52. The Bertz CT molecular complexity index is 709. The van der Waals surface area contributed by atoms with Gasteiger partial charge in [0.1, 0.15) is 0 Å². The fourth-order valence-corrected chi connectivity index (χ4v) is 4.81. The maximum absolute atomic E-state index is 2.43. The summed E-state index contributed by atoms with van der Waals surface area (Å²) in [5.74, 6) is 1.09. The first-order chi connectivity index (χ1) is 11.1. The van der Waals surface area contributed by atoms with Crippen molar-refractivity contribution in [2.24, 2.45) is 0 Å². The Kier molecular flexibility index (Phi) is 3.94. The highest BCUT2D eigenvalue weighted by atomic mass is 14.5. The molecular weight excluding hydrogens is 288 g/mol. The predicted octanol–water partition coefficient (Wildman–Crippen LogP) is 6.90. The largest absolute Gasteiger partial charge is 0.0617 e. The van der Waals surface area contributed by atoms with Crippen molar-refractivity contribution in [2.45, 2.75) is 78.1 Å². The molecule has 2 aromatic rings. The van der Waals surface area contributed by atoms with Crippen LogP contribution in [0.15, 0.2) is 36.4 Å². The van der Waals surface area contributed by atoms with Crippen LogP contribution in [0, 0.1) is 0 Å². The van der Waals surface area contributed by atoms with Crippen molar-refractivity contribution in [3.8, 4) is 0 Å². The molecule has 0 saturated heterocycles. The summed E-state index contributed by atoms with van der Waals surface area (Å²) in [6.07, 6.45) is 0. The molecular formula is C24H32. The standard InChI is InChI=1S/C24H32/c1-15(2)17-11-9-13-19-21(17)24(7,8)22-18(16(3)4)12-10-14-20(22)23(19,5)6/h9-16H,1-8H3. The van der Waals surface area contributed by atoms with Gasteiger partial charge in [0, 0.05) is 10.8 Å². The number of rotatable bonds is 2. The van der Waals surface area contributed by atoms with Crippen molar-refractivity contribution in [3.05, 3.63) is 69.8 Å². The molecule has 0 nitrogen and oxygen atoms in total. The quantitative estimate of drug-likeness (QED) is 0.564. The number of benzene rings is 2. The van der Waals surface area contributed by atoms with E-state index in [1.807, 2.05) is 0 Å². The van der Waals surface area contributed by atoms with E-state index in [9.17, 15) is 0 Å². The zero-order valence-electron chi connectivity index (χ0n) is 16.6. The minimum Gasteiger partial charge on any atom is -0.0617 e. The van der Waals surface area contributed by atoms with E-state index in [1.165, 1.54) is 22.3 Å². The highest BCUT2D eigenvalue weighted by molar-refractivity contribution is 5.63. The number of fused-ring (bicyclic) bond motifs is 2. The van der Waals surface area contributed by atoms with Crippen LogP contribution in [0.2, 0.25) is 0 Å². The third kappa shape index (κ3) is 2.26. The van der Waals surface area contributed by atoms with Crippen molar-refractivity contribution in [1.82, 2.24) is 0 Å². The van der Waals surface area contributed by atoms with E-state index in [1.54, 1.807) is 11.1 Å². The van der Waals surface area contributed by atoms with Crippen molar-refractivity contribution < 1.29 is 0 Å². The van der Waals surface area contributed by atoms with Crippen LogP contribution in [0.4, 0.5) is 0 Å². The van der Waals surface area contributed by atoms with Gasteiger partial charge in [0.05, 0.1) is 0 Å². The molecule has 24 heavy (non-hydrogen) atoms. The molecule has 1 aliphatic carbocycles. The smallest absolute Gasteiger partial charge is 0.0158 e. The first-order valence-electron chi connectivity index (χ1n) is 9.37. The van der Waals surface area contributed by atoms with Crippen LogP contribution in [-0.2, 0) is 10.8 Å². The third-order valence-corrected chi connectivity index (χ3v) is 6.03. The molecule has 0 heterocycles. The van der Waals surface area contributed by atoms with Crippen LogP contribution in [-0.4, -0.2) is 0 Å². The second kappa shape index (κ2) is 5.48. The molecule has 3 rings (SSSR count). The summed E-state index contributed by atoms with van der Waals surface area (Å²) >= 11 is 0. The molecule has 1 aliphatic rings. The maximum atomic E-state index is 2.43. The van der Waals surface area contributed by atoms with E-state index in [4.69, 9.17) is 0 Å². The third-order valence-electron chi connectivity index (χ3n) is 6.03. The van der Waals surface area contributed by atoms with Gasteiger partial charge >= 0.3 is 0 Å². The zero-order valence-corrected chi connectivity index (χ0v) is 16.6. The second-order valence-corrected chi connectivity index (χ2v) is 9.10. The monoisotopic (exact) mass is 320 g/mol. The van der Waals surface area contributed by atoms with Gasteiger partial charge in [-0.1, -0.05) is 91.8 Å². The summed E-state index contributed by atoms with van der Waals surface area (Å²) in [6, 6.07) is 13.9. The lowest BCUT2D eigenvalue weighted by molar-refractivity contribution is 0.505. The zero-order chi connectivity index (χ0) is 17.9. The molecule has 0 bridgehead atoms. The summed E-state index contributed by atoms with van der Waals surface area (Å²) in [5.41, 5.74) is 9.25. The van der Waals surface area contributed by atoms with Gasteiger partial charge in [0.15, 0.2) is 0 Å². The molecule has 0 atom stereocenters. The van der Waals surface area contributed by atoms with E-state index in [0.29, 0.717) is 11.8 Å². The summed E-state index contributed by atoms with van der Waals surface area (Å²) < 4.78 is 0. The Morgan fingerprint density at radius 3 is 1.29 bits per heavy atom. The summed E-state index contributed by atoms with van der Waals surface area (Å²) in [6.45, 7) is 18.9. The Balaban J connectivity index is 2.46. The van der Waals surface area contributed by atoms with E-state index in [0.717, 1.165) is 0 Å². The van der Waals surface area contributed by atoms with Crippen LogP contribution < -0.4 is 0 Å². The molecule has 0 spiro atoms. The van der Waals surface area contributed by atoms with Crippen LogP contribution in [0.1, 0.15) is 101 Å².